The van der Waals surface area contributed by atoms with E-state index in [9.17, 15) is 13.2 Å². The van der Waals surface area contributed by atoms with E-state index >= 15 is 0 Å². The standard InChI is InChI=1S/C20H18N2O4S/c1-26-18-11-9-17(10-12-18)22-27(24,25)19-13-7-15(8-14-19)20(23)21-16-5-3-2-4-6-16/h2-14,22H,1H3,(H,21,23). The van der Waals surface area contributed by atoms with Crippen molar-refractivity contribution in [2.45, 2.75) is 4.90 Å². The Kier molecular flexibility index (Phi) is 5.42. The van der Waals surface area contributed by atoms with Crippen LogP contribution in [-0.2, 0) is 10.0 Å². The van der Waals surface area contributed by atoms with Gasteiger partial charge in [0, 0.05) is 16.9 Å². The predicted octanol–water partition coefficient (Wildman–Crippen LogP) is 3.75. The fourth-order valence-electron chi connectivity index (χ4n) is 2.38. The molecule has 0 heterocycles. The van der Waals surface area contributed by atoms with Gasteiger partial charge in [-0.25, -0.2) is 8.42 Å². The minimum atomic E-state index is -3.76. The molecule has 6 nitrogen and oxygen atoms in total. The molecule has 0 unspecified atom stereocenters. The molecule has 0 aliphatic rings. The SMILES string of the molecule is COc1ccc(NS(=O)(=O)c2ccc(C(=O)Nc3ccccc3)cc2)cc1. The maximum atomic E-state index is 12.5. The fourth-order valence-corrected chi connectivity index (χ4v) is 3.44. The summed E-state index contributed by atoms with van der Waals surface area (Å²) in [6, 6.07) is 21.3. The molecule has 27 heavy (non-hydrogen) atoms. The maximum absolute atomic E-state index is 12.5. The highest BCUT2D eigenvalue weighted by Gasteiger charge is 2.15. The molecule has 138 valence electrons. The van der Waals surface area contributed by atoms with Gasteiger partial charge in [-0.1, -0.05) is 18.2 Å². The van der Waals surface area contributed by atoms with Crippen LogP contribution >= 0.6 is 0 Å². The molecule has 3 aromatic carbocycles. The van der Waals surface area contributed by atoms with Gasteiger partial charge in [-0.3, -0.25) is 9.52 Å². The Morgan fingerprint density at radius 2 is 1.44 bits per heavy atom. The highest BCUT2D eigenvalue weighted by atomic mass is 32.2. The van der Waals surface area contributed by atoms with Crippen molar-refractivity contribution in [2.75, 3.05) is 17.1 Å². The number of anilines is 2. The summed E-state index contributed by atoms with van der Waals surface area (Å²) in [7, 11) is -2.22. The van der Waals surface area contributed by atoms with E-state index in [1.165, 1.54) is 31.4 Å². The van der Waals surface area contributed by atoms with Crippen molar-refractivity contribution < 1.29 is 17.9 Å². The zero-order valence-electron chi connectivity index (χ0n) is 14.5. The van der Waals surface area contributed by atoms with Crippen LogP contribution in [0, 0.1) is 0 Å². The second-order valence-electron chi connectivity index (χ2n) is 5.68. The smallest absolute Gasteiger partial charge is 0.261 e. The Balaban J connectivity index is 1.72. The van der Waals surface area contributed by atoms with Crippen LogP contribution in [-0.4, -0.2) is 21.4 Å². The summed E-state index contributed by atoms with van der Waals surface area (Å²) in [6.07, 6.45) is 0. The van der Waals surface area contributed by atoms with Crippen LogP contribution in [0.2, 0.25) is 0 Å². The normalized spacial score (nSPS) is 10.9. The zero-order valence-corrected chi connectivity index (χ0v) is 15.4. The lowest BCUT2D eigenvalue weighted by Crippen LogP contribution is -2.14. The Morgan fingerprint density at radius 3 is 2.04 bits per heavy atom. The van der Waals surface area contributed by atoms with Crippen molar-refractivity contribution >= 4 is 27.3 Å². The molecule has 0 atom stereocenters. The van der Waals surface area contributed by atoms with Crippen LogP contribution < -0.4 is 14.8 Å². The number of methoxy groups -OCH3 is 1. The van der Waals surface area contributed by atoms with Crippen molar-refractivity contribution in [3.8, 4) is 5.75 Å². The first-order valence-electron chi connectivity index (χ1n) is 8.11. The molecule has 0 bridgehead atoms. The lowest BCUT2D eigenvalue weighted by molar-refractivity contribution is 0.102. The van der Waals surface area contributed by atoms with E-state index in [2.05, 4.69) is 10.0 Å². The third-order valence-electron chi connectivity index (χ3n) is 3.80. The number of hydrogen-bond acceptors (Lipinski definition) is 4. The summed E-state index contributed by atoms with van der Waals surface area (Å²) < 4.78 is 32.5. The molecule has 0 radical (unpaired) electrons. The molecule has 0 fully saturated rings. The second kappa shape index (κ2) is 7.92. The minimum Gasteiger partial charge on any atom is -0.497 e. The number of nitrogens with one attached hydrogen (secondary N) is 2. The topological polar surface area (TPSA) is 84.5 Å². The monoisotopic (exact) mass is 382 g/mol. The molecule has 1 amide bonds. The van der Waals surface area contributed by atoms with Gasteiger partial charge >= 0.3 is 0 Å². The molecule has 0 spiro atoms. The van der Waals surface area contributed by atoms with Gasteiger partial charge in [0.05, 0.1) is 12.0 Å². The number of amides is 1. The van der Waals surface area contributed by atoms with Gasteiger partial charge in [0.2, 0.25) is 0 Å². The Bertz CT molecular complexity index is 1020. The molecule has 0 aliphatic heterocycles. The van der Waals surface area contributed by atoms with Crippen LogP contribution in [0.3, 0.4) is 0 Å². The van der Waals surface area contributed by atoms with E-state index in [4.69, 9.17) is 4.74 Å². The van der Waals surface area contributed by atoms with E-state index in [1.54, 1.807) is 36.4 Å². The minimum absolute atomic E-state index is 0.0644. The zero-order chi connectivity index (χ0) is 19.3. The molecule has 3 aromatic rings. The summed E-state index contributed by atoms with van der Waals surface area (Å²) in [5, 5.41) is 2.75. The van der Waals surface area contributed by atoms with Crippen LogP contribution in [0.4, 0.5) is 11.4 Å². The van der Waals surface area contributed by atoms with Crippen molar-refractivity contribution in [1.29, 1.82) is 0 Å². The lowest BCUT2D eigenvalue weighted by atomic mass is 10.2. The first-order chi connectivity index (χ1) is 13.0. The molecular weight excluding hydrogens is 364 g/mol. The molecule has 3 rings (SSSR count). The van der Waals surface area contributed by atoms with Gasteiger partial charge in [0.25, 0.3) is 15.9 Å². The third-order valence-corrected chi connectivity index (χ3v) is 5.20. The molecule has 0 saturated heterocycles. The van der Waals surface area contributed by atoms with Gasteiger partial charge in [-0.2, -0.15) is 0 Å². The average molecular weight is 382 g/mol. The maximum Gasteiger partial charge on any atom is 0.261 e. The number of para-hydroxylation sites is 1. The van der Waals surface area contributed by atoms with Crippen molar-refractivity contribution in [2.24, 2.45) is 0 Å². The molecule has 0 aliphatic carbocycles. The molecule has 7 heteroatoms. The second-order valence-corrected chi connectivity index (χ2v) is 7.36. The average Bonchev–Trinajstić information content (AvgIpc) is 2.69. The molecular formula is C20H18N2O4S. The molecule has 2 N–H and O–H groups in total. The van der Waals surface area contributed by atoms with Gasteiger partial charge in [0.15, 0.2) is 0 Å². The number of ether oxygens (including phenoxy) is 1. The Labute approximate surface area is 157 Å². The lowest BCUT2D eigenvalue weighted by Gasteiger charge is -2.10. The van der Waals surface area contributed by atoms with Crippen molar-refractivity contribution in [3.63, 3.8) is 0 Å². The van der Waals surface area contributed by atoms with Gasteiger partial charge < -0.3 is 10.1 Å². The van der Waals surface area contributed by atoms with E-state index in [0.29, 0.717) is 22.7 Å². The first kappa shape index (κ1) is 18.5. The number of sulfonamides is 1. The summed E-state index contributed by atoms with van der Waals surface area (Å²) in [6.45, 7) is 0. The quantitative estimate of drug-likeness (QED) is 0.680. The predicted molar refractivity (Wildman–Crippen MR) is 105 cm³/mol. The van der Waals surface area contributed by atoms with E-state index in [0.717, 1.165) is 0 Å². The van der Waals surface area contributed by atoms with Crippen LogP contribution in [0.15, 0.2) is 83.8 Å². The van der Waals surface area contributed by atoms with E-state index < -0.39 is 10.0 Å². The number of carbonyl (C=O) groups is 1. The number of hydrogen-bond donors (Lipinski definition) is 2. The molecule has 0 aromatic heterocycles. The van der Waals surface area contributed by atoms with E-state index in [1.807, 2.05) is 18.2 Å². The summed E-state index contributed by atoms with van der Waals surface area (Å²) in [5.74, 6) is 0.319. The van der Waals surface area contributed by atoms with Crippen molar-refractivity contribution in [1.82, 2.24) is 0 Å². The van der Waals surface area contributed by atoms with Gasteiger partial charge in [-0.05, 0) is 60.7 Å². The Morgan fingerprint density at radius 1 is 0.815 bits per heavy atom. The van der Waals surface area contributed by atoms with Gasteiger partial charge in [0.1, 0.15) is 5.75 Å². The summed E-state index contributed by atoms with van der Waals surface area (Å²) in [5.41, 5.74) is 1.45. The summed E-state index contributed by atoms with van der Waals surface area (Å²) in [4.78, 5) is 12.3. The number of rotatable bonds is 6. The van der Waals surface area contributed by atoms with Crippen LogP contribution in [0.1, 0.15) is 10.4 Å². The van der Waals surface area contributed by atoms with E-state index in [-0.39, 0.29) is 10.8 Å². The fraction of sp³-hybridized carbons (Fsp3) is 0.0500. The largest absolute Gasteiger partial charge is 0.497 e. The highest BCUT2D eigenvalue weighted by molar-refractivity contribution is 7.92. The van der Waals surface area contributed by atoms with Crippen molar-refractivity contribution in [3.05, 3.63) is 84.4 Å². The van der Waals surface area contributed by atoms with Crippen LogP contribution in [0.5, 0.6) is 5.75 Å². The third kappa shape index (κ3) is 4.65. The first-order valence-corrected chi connectivity index (χ1v) is 9.59. The number of carbonyl (C=O) groups excluding carboxylic acids is 1. The van der Waals surface area contributed by atoms with Gasteiger partial charge in [-0.15, -0.1) is 0 Å². The van der Waals surface area contributed by atoms with Crippen LogP contribution in [0.25, 0.3) is 0 Å². The Hall–Kier alpha value is -3.32. The molecule has 0 saturated carbocycles. The highest BCUT2D eigenvalue weighted by Crippen LogP contribution is 2.20. The summed E-state index contributed by atoms with van der Waals surface area (Å²) >= 11 is 0. The number of benzene rings is 3.